The van der Waals surface area contributed by atoms with Crippen molar-refractivity contribution in [2.45, 2.75) is 6.92 Å². The van der Waals surface area contributed by atoms with Crippen LogP contribution in [0.2, 0.25) is 0 Å². The van der Waals surface area contributed by atoms with Gasteiger partial charge in [-0.05, 0) is 12.5 Å². The number of carbonyl (C=O) groups is 1. The number of rotatable bonds is 3. The Hall–Kier alpha value is -2.68. The van der Waals surface area contributed by atoms with E-state index in [0.717, 1.165) is 0 Å². The summed E-state index contributed by atoms with van der Waals surface area (Å²) in [6.07, 6.45) is -1.30. The normalized spacial score (nSPS) is 10.4. The molecule has 0 aliphatic heterocycles. The maximum absolute atomic E-state index is 13.4. The first-order valence-corrected chi connectivity index (χ1v) is 4.93. The molecule has 0 aliphatic rings. The first-order chi connectivity index (χ1) is 9.43. The molecule has 0 atom stereocenters. The molecule has 0 aliphatic carbocycles. The predicted molar refractivity (Wildman–Crippen MR) is 56.6 cm³/mol. The zero-order chi connectivity index (χ0) is 15.3. The lowest BCUT2D eigenvalue weighted by molar-refractivity contribution is 0.161. The molecule has 0 bridgehead atoms. The van der Waals surface area contributed by atoms with E-state index in [2.05, 4.69) is 20.1 Å². The molecule has 20 heavy (non-hydrogen) atoms. The molecular formula is C9H5F4N5O2. The van der Waals surface area contributed by atoms with E-state index in [0.29, 0.717) is 0 Å². The monoisotopic (exact) mass is 291 g/mol. The number of azo groups is 1. The van der Waals surface area contributed by atoms with Crippen molar-refractivity contribution in [1.82, 2.24) is 0 Å². The average Bonchev–Trinajstić information content (AvgIpc) is 2.42. The van der Waals surface area contributed by atoms with Crippen LogP contribution in [0.5, 0.6) is 0 Å². The van der Waals surface area contributed by atoms with Crippen LogP contribution in [0.1, 0.15) is 6.92 Å². The van der Waals surface area contributed by atoms with E-state index >= 15 is 0 Å². The Morgan fingerprint density at radius 1 is 1.15 bits per heavy atom. The SMILES string of the molecule is CCOC(=O)N=Nc1c(F)c(F)c(N=[N+]=[N-])c(F)c1F. The molecule has 11 heteroatoms. The zero-order valence-electron chi connectivity index (χ0n) is 9.77. The number of ether oxygens (including phenoxy) is 1. The van der Waals surface area contributed by atoms with Crippen LogP contribution in [0.15, 0.2) is 15.3 Å². The molecule has 0 saturated heterocycles. The van der Waals surface area contributed by atoms with Crippen molar-refractivity contribution in [1.29, 1.82) is 0 Å². The van der Waals surface area contributed by atoms with Crippen molar-refractivity contribution in [2.75, 3.05) is 6.61 Å². The highest BCUT2D eigenvalue weighted by molar-refractivity contribution is 5.68. The van der Waals surface area contributed by atoms with Gasteiger partial charge in [-0.25, -0.2) is 22.4 Å². The number of amides is 1. The van der Waals surface area contributed by atoms with Gasteiger partial charge in [0.15, 0.2) is 29.0 Å². The molecule has 0 heterocycles. The predicted octanol–water partition coefficient (Wildman–Crippen LogP) is 4.43. The first kappa shape index (κ1) is 15.4. The van der Waals surface area contributed by atoms with E-state index in [-0.39, 0.29) is 6.61 Å². The lowest BCUT2D eigenvalue weighted by atomic mass is 10.2. The molecule has 0 spiro atoms. The Balaban J connectivity index is 3.36. The lowest BCUT2D eigenvalue weighted by Gasteiger charge is -2.04. The van der Waals surface area contributed by atoms with Gasteiger partial charge in [-0.3, -0.25) is 0 Å². The Morgan fingerprint density at radius 2 is 1.65 bits per heavy atom. The molecule has 1 aromatic rings. The van der Waals surface area contributed by atoms with Crippen LogP contribution in [0.3, 0.4) is 0 Å². The molecule has 1 amide bonds. The molecule has 1 rings (SSSR count). The molecule has 1 aromatic carbocycles. The fourth-order valence-corrected chi connectivity index (χ4v) is 1.07. The second-order valence-corrected chi connectivity index (χ2v) is 3.04. The summed E-state index contributed by atoms with van der Waals surface area (Å²) in [6, 6.07) is 0. The van der Waals surface area contributed by atoms with Crippen molar-refractivity contribution in [3.05, 3.63) is 33.7 Å². The number of azide groups is 1. The largest absolute Gasteiger partial charge is 0.452 e. The quantitative estimate of drug-likeness (QED) is 0.270. The summed E-state index contributed by atoms with van der Waals surface area (Å²) < 4.78 is 57.6. The summed E-state index contributed by atoms with van der Waals surface area (Å²) >= 11 is 0. The Labute approximate surface area is 108 Å². The minimum atomic E-state index is -1.96. The van der Waals surface area contributed by atoms with Gasteiger partial charge in [0.25, 0.3) is 0 Å². The maximum Gasteiger partial charge on any atom is 0.452 e. The number of halogens is 4. The van der Waals surface area contributed by atoms with E-state index in [1.807, 2.05) is 4.91 Å². The zero-order valence-corrected chi connectivity index (χ0v) is 9.77. The van der Waals surface area contributed by atoms with Crippen LogP contribution < -0.4 is 0 Å². The van der Waals surface area contributed by atoms with Gasteiger partial charge in [0.1, 0.15) is 5.69 Å². The second-order valence-electron chi connectivity index (χ2n) is 3.04. The van der Waals surface area contributed by atoms with Crippen LogP contribution in [-0.4, -0.2) is 12.7 Å². The van der Waals surface area contributed by atoms with Crippen LogP contribution in [0, 0.1) is 23.3 Å². The minimum Gasteiger partial charge on any atom is -0.447 e. The van der Waals surface area contributed by atoms with Crippen LogP contribution in [-0.2, 0) is 4.74 Å². The van der Waals surface area contributed by atoms with Crippen LogP contribution >= 0.6 is 0 Å². The summed E-state index contributed by atoms with van der Waals surface area (Å²) in [5.41, 5.74) is 5.06. The van der Waals surface area contributed by atoms with Gasteiger partial charge < -0.3 is 4.74 Å². The standard InChI is InChI=1S/C9H5F4N5O2/c1-2-20-9(19)17-15-7-3(10)5(12)8(16-18-14)6(13)4(7)11/h2H2,1H3. The van der Waals surface area contributed by atoms with E-state index < -0.39 is 40.7 Å². The third-order valence-electron chi connectivity index (χ3n) is 1.86. The summed E-state index contributed by atoms with van der Waals surface area (Å²) in [5.74, 6) is -7.84. The van der Waals surface area contributed by atoms with Crippen molar-refractivity contribution in [2.24, 2.45) is 15.3 Å². The number of nitrogens with zero attached hydrogens (tertiary/aromatic N) is 5. The summed E-state index contributed by atoms with van der Waals surface area (Å²) in [4.78, 5) is 12.8. The molecular weight excluding hydrogens is 286 g/mol. The van der Waals surface area contributed by atoms with E-state index in [4.69, 9.17) is 5.53 Å². The topological polar surface area (TPSA) is 99.8 Å². The van der Waals surface area contributed by atoms with Crippen molar-refractivity contribution >= 4 is 17.5 Å². The molecule has 0 radical (unpaired) electrons. The van der Waals surface area contributed by atoms with Gasteiger partial charge in [-0.2, -0.15) is 0 Å². The summed E-state index contributed by atoms with van der Waals surface area (Å²) in [7, 11) is 0. The smallest absolute Gasteiger partial charge is 0.447 e. The summed E-state index contributed by atoms with van der Waals surface area (Å²) in [6.45, 7) is 1.35. The molecule has 0 unspecified atom stereocenters. The Bertz CT molecular complexity index is 598. The minimum absolute atomic E-state index is 0.0820. The highest BCUT2D eigenvalue weighted by Gasteiger charge is 2.25. The van der Waals surface area contributed by atoms with Crippen LogP contribution in [0.4, 0.5) is 33.7 Å². The van der Waals surface area contributed by atoms with Gasteiger partial charge in [0.05, 0.1) is 6.61 Å². The number of hydrogen-bond donors (Lipinski definition) is 0. The number of hydrogen-bond acceptors (Lipinski definition) is 4. The Kier molecular flexibility index (Phi) is 4.98. The highest BCUT2D eigenvalue weighted by Crippen LogP contribution is 2.35. The van der Waals surface area contributed by atoms with Gasteiger partial charge in [0.2, 0.25) is 0 Å². The molecule has 0 N–H and O–H groups in total. The first-order valence-electron chi connectivity index (χ1n) is 4.93. The summed E-state index contributed by atoms with van der Waals surface area (Å²) in [5, 5.41) is 7.92. The van der Waals surface area contributed by atoms with Gasteiger partial charge in [-0.1, -0.05) is 10.2 Å². The number of carbonyl (C=O) groups excluding carboxylic acids is 1. The van der Waals surface area contributed by atoms with Crippen LogP contribution in [0.25, 0.3) is 10.4 Å². The van der Waals surface area contributed by atoms with Crippen molar-refractivity contribution < 1.29 is 27.1 Å². The van der Waals surface area contributed by atoms with Gasteiger partial charge in [-0.15, -0.1) is 5.11 Å². The molecule has 7 nitrogen and oxygen atoms in total. The lowest BCUT2D eigenvalue weighted by Crippen LogP contribution is -1.98. The molecule has 106 valence electrons. The van der Waals surface area contributed by atoms with E-state index in [9.17, 15) is 22.4 Å². The Morgan fingerprint density at radius 3 is 2.10 bits per heavy atom. The van der Waals surface area contributed by atoms with Gasteiger partial charge in [0, 0.05) is 4.91 Å². The van der Waals surface area contributed by atoms with E-state index in [1.165, 1.54) is 6.92 Å². The third kappa shape index (κ3) is 3.01. The fraction of sp³-hybridized carbons (Fsp3) is 0.222. The fourth-order valence-electron chi connectivity index (χ4n) is 1.07. The van der Waals surface area contributed by atoms with Crippen molar-refractivity contribution in [3.8, 4) is 0 Å². The maximum atomic E-state index is 13.4. The average molecular weight is 291 g/mol. The second kappa shape index (κ2) is 6.48. The van der Waals surface area contributed by atoms with Gasteiger partial charge >= 0.3 is 6.09 Å². The number of benzene rings is 1. The van der Waals surface area contributed by atoms with E-state index in [1.54, 1.807) is 0 Å². The highest BCUT2D eigenvalue weighted by atomic mass is 19.2. The van der Waals surface area contributed by atoms with Crippen molar-refractivity contribution in [3.63, 3.8) is 0 Å². The third-order valence-corrected chi connectivity index (χ3v) is 1.86. The molecule has 0 saturated carbocycles. The molecule has 0 fully saturated rings. The molecule has 0 aromatic heterocycles.